The topological polar surface area (TPSA) is 98.0 Å². The third-order valence-electron chi connectivity index (χ3n) is 3.03. The Morgan fingerprint density at radius 3 is 3.20 bits per heavy atom. The lowest BCUT2D eigenvalue weighted by Gasteiger charge is -2.23. The van der Waals surface area contributed by atoms with E-state index in [0.717, 1.165) is 0 Å². The minimum absolute atomic E-state index is 0.0211. The lowest BCUT2D eigenvalue weighted by molar-refractivity contribution is -0.0819. The van der Waals surface area contributed by atoms with Gasteiger partial charge in [0.1, 0.15) is 5.52 Å². The van der Waals surface area contributed by atoms with E-state index in [9.17, 15) is 4.79 Å². The molecule has 0 radical (unpaired) electrons. The molecule has 0 aliphatic carbocycles. The highest BCUT2D eigenvalue weighted by atomic mass is 16.6. The SMILES string of the molecule is O=C(O)c1cnc(NC[C@@H]2COCCO2)c2ccnn12. The molecule has 20 heavy (non-hydrogen) atoms. The molecule has 106 valence electrons. The third kappa shape index (κ3) is 2.43. The van der Waals surface area contributed by atoms with Crippen molar-refractivity contribution in [1.29, 1.82) is 0 Å². The number of nitrogens with zero attached hydrogens (tertiary/aromatic N) is 3. The fraction of sp³-hybridized carbons (Fsp3) is 0.417. The summed E-state index contributed by atoms with van der Waals surface area (Å²) in [7, 11) is 0. The smallest absolute Gasteiger partial charge is 0.356 e. The molecule has 8 nitrogen and oxygen atoms in total. The van der Waals surface area contributed by atoms with Gasteiger partial charge < -0.3 is 19.9 Å². The maximum Gasteiger partial charge on any atom is 0.356 e. The Hall–Kier alpha value is -2.19. The maximum absolute atomic E-state index is 11.1. The highest BCUT2D eigenvalue weighted by molar-refractivity contribution is 5.87. The van der Waals surface area contributed by atoms with Crippen molar-refractivity contribution in [2.75, 3.05) is 31.7 Å². The van der Waals surface area contributed by atoms with Crippen LogP contribution in [0.1, 0.15) is 10.5 Å². The number of ether oxygens (including phenoxy) is 2. The normalized spacial score (nSPS) is 19.1. The highest BCUT2D eigenvalue weighted by Crippen LogP contribution is 2.15. The number of hydrogen-bond acceptors (Lipinski definition) is 6. The van der Waals surface area contributed by atoms with E-state index >= 15 is 0 Å². The average Bonchev–Trinajstić information content (AvgIpc) is 2.95. The summed E-state index contributed by atoms with van der Waals surface area (Å²) in [6, 6.07) is 1.71. The summed E-state index contributed by atoms with van der Waals surface area (Å²) >= 11 is 0. The zero-order valence-electron chi connectivity index (χ0n) is 10.7. The first-order valence-corrected chi connectivity index (χ1v) is 6.25. The molecule has 2 N–H and O–H groups in total. The summed E-state index contributed by atoms with van der Waals surface area (Å²) in [6.07, 6.45) is 2.78. The van der Waals surface area contributed by atoms with Gasteiger partial charge >= 0.3 is 5.97 Å². The Balaban J connectivity index is 1.79. The standard InChI is InChI=1S/C12H14N4O4/c17-12(18)10-6-14-11(9-1-2-15-16(9)10)13-5-8-7-19-3-4-20-8/h1-2,6,8H,3-5,7H2,(H,13,14)(H,17,18)/t8-/m1/s1. The van der Waals surface area contributed by atoms with E-state index in [1.807, 2.05) is 0 Å². The molecule has 8 heteroatoms. The summed E-state index contributed by atoms with van der Waals surface area (Å²) < 4.78 is 12.2. The first kappa shape index (κ1) is 12.8. The molecule has 3 rings (SSSR count). The molecule has 0 bridgehead atoms. The van der Waals surface area contributed by atoms with Crippen LogP contribution in [-0.2, 0) is 9.47 Å². The van der Waals surface area contributed by atoms with Crippen LogP contribution in [0.4, 0.5) is 5.82 Å². The second kappa shape index (κ2) is 5.43. The van der Waals surface area contributed by atoms with Crippen LogP contribution in [0.2, 0.25) is 0 Å². The molecule has 1 aliphatic rings. The molecule has 1 fully saturated rings. The Morgan fingerprint density at radius 1 is 1.55 bits per heavy atom. The fourth-order valence-corrected chi connectivity index (χ4v) is 2.07. The van der Waals surface area contributed by atoms with E-state index < -0.39 is 5.97 Å². The molecule has 0 spiro atoms. The van der Waals surface area contributed by atoms with Gasteiger partial charge in [0, 0.05) is 6.54 Å². The van der Waals surface area contributed by atoms with Gasteiger partial charge in [-0.25, -0.2) is 14.3 Å². The van der Waals surface area contributed by atoms with Crippen molar-refractivity contribution >= 4 is 17.3 Å². The minimum Gasteiger partial charge on any atom is -0.476 e. The summed E-state index contributed by atoms with van der Waals surface area (Å²) in [4.78, 5) is 15.2. The van der Waals surface area contributed by atoms with Gasteiger partial charge in [-0.2, -0.15) is 5.10 Å². The second-order valence-electron chi connectivity index (χ2n) is 4.37. The van der Waals surface area contributed by atoms with E-state index in [4.69, 9.17) is 14.6 Å². The summed E-state index contributed by atoms with van der Waals surface area (Å²) in [5.74, 6) is -0.497. The number of carboxylic acids is 1. The molecule has 1 atom stereocenters. The van der Waals surface area contributed by atoms with Gasteiger partial charge in [-0.1, -0.05) is 0 Å². The molecule has 1 aliphatic heterocycles. The number of carbonyl (C=O) groups is 1. The van der Waals surface area contributed by atoms with Gasteiger partial charge in [0.25, 0.3) is 0 Å². The fourth-order valence-electron chi connectivity index (χ4n) is 2.07. The first-order valence-electron chi connectivity index (χ1n) is 6.25. The van der Waals surface area contributed by atoms with Crippen LogP contribution >= 0.6 is 0 Å². The largest absolute Gasteiger partial charge is 0.476 e. The molecule has 2 aromatic heterocycles. The van der Waals surface area contributed by atoms with Crippen LogP contribution in [0, 0.1) is 0 Å². The van der Waals surface area contributed by atoms with Crippen molar-refractivity contribution < 1.29 is 19.4 Å². The van der Waals surface area contributed by atoms with Crippen molar-refractivity contribution in [1.82, 2.24) is 14.6 Å². The molecule has 0 saturated carbocycles. The molecule has 2 aromatic rings. The van der Waals surface area contributed by atoms with Crippen molar-refractivity contribution in [2.24, 2.45) is 0 Å². The van der Waals surface area contributed by atoms with Crippen LogP contribution in [0.15, 0.2) is 18.5 Å². The number of rotatable bonds is 4. The van der Waals surface area contributed by atoms with Gasteiger partial charge in [-0.05, 0) is 6.07 Å². The molecule has 3 heterocycles. The van der Waals surface area contributed by atoms with Crippen LogP contribution < -0.4 is 5.32 Å². The van der Waals surface area contributed by atoms with Crippen LogP contribution in [0.25, 0.3) is 5.52 Å². The maximum atomic E-state index is 11.1. The Bertz CT molecular complexity index is 621. The Labute approximate surface area is 114 Å². The van der Waals surface area contributed by atoms with Crippen LogP contribution in [-0.4, -0.2) is 58.1 Å². The molecule has 0 aromatic carbocycles. The zero-order valence-corrected chi connectivity index (χ0v) is 10.7. The van der Waals surface area contributed by atoms with E-state index in [1.165, 1.54) is 16.9 Å². The number of aromatic nitrogens is 3. The zero-order chi connectivity index (χ0) is 13.9. The van der Waals surface area contributed by atoms with Crippen molar-refractivity contribution in [3.63, 3.8) is 0 Å². The lowest BCUT2D eigenvalue weighted by Crippen LogP contribution is -2.34. The molecular weight excluding hydrogens is 264 g/mol. The highest BCUT2D eigenvalue weighted by Gasteiger charge is 2.17. The number of hydrogen-bond donors (Lipinski definition) is 2. The predicted molar refractivity (Wildman–Crippen MR) is 69.0 cm³/mol. The molecule has 1 saturated heterocycles. The monoisotopic (exact) mass is 278 g/mol. The van der Waals surface area contributed by atoms with Crippen molar-refractivity contribution in [3.05, 3.63) is 24.2 Å². The quantitative estimate of drug-likeness (QED) is 0.827. The van der Waals surface area contributed by atoms with Gasteiger partial charge in [0.15, 0.2) is 11.5 Å². The van der Waals surface area contributed by atoms with Crippen molar-refractivity contribution in [3.8, 4) is 0 Å². The predicted octanol–water partition coefficient (Wildman–Crippen LogP) is 0.255. The summed E-state index contributed by atoms with van der Waals surface area (Å²) in [5, 5.41) is 16.2. The third-order valence-corrected chi connectivity index (χ3v) is 3.03. The molecular formula is C12H14N4O4. The first-order chi connectivity index (χ1) is 9.75. The van der Waals surface area contributed by atoms with E-state index in [-0.39, 0.29) is 11.8 Å². The van der Waals surface area contributed by atoms with E-state index in [2.05, 4.69) is 15.4 Å². The van der Waals surface area contributed by atoms with Crippen LogP contribution in [0.5, 0.6) is 0 Å². The molecule has 0 amide bonds. The van der Waals surface area contributed by atoms with Gasteiger partial charge in [-0.3, -0.25) is 0 Å². The number of nitrogens with one attached hydrogen (secondary N) is 1. The summed E-state index contributed by atoms with van der Waals surface area (Å²) in [5.41, 5.74) is 0.634. The van der Waals surface area contributed by atoms with Crippen molar-refractivity contribution in [2.45, 2.75) is 6.10 Å². The van der Waals surface area contributed by atoms with E-state index in [1.54, 1.807) is 6.07 Å². The number of fused-ring (bicyclic) bond motifs is 1. The van der Waals surface area contributed by atoms with Crippen LogP contribution in [0.3, 0.4) is 0 Å². The second-order valence-corrected chi connectivity index (χ2v) is 4.37. The van der Waals surface area contributed by atoms with E-state index in [0.29, 0.717) is 37.7 Å². The Morgan fingerprint density at radius 2 is 2.45 bits per heavy atom. The summed E-state index contributed by atoms with van der Waals surface area (Å²) in [6.45, 7) is 2.28. The Kier molecular flexibility index (Phi) is 3.48. The van der Waals surface area contributed by atoms with Gasteiger partial charge in [0.05, 0.1) is 38.3 Å². The minimum atomic E-state index is -1.07. The number of carboxylic acid groups (broad SMARTS) is 1. The lowest BCUT2D eigenvalue weighted by atomic mass is 10.3. The number of anilines is 1. The number of aromatic carboxylic acids is 1. The molecule has 0 unspecified atom stereocenters. The average molecular weight is 278 g/mol. The van der Waals surface area contributed by atoms with Gasteiger partial charge in [0.2, 0.25) is 0 Å². The van der Waals surface area contributed by atoms with Gasteiger partial charge in [-0.15, -0.1) is 0 Å².